The molecule has 0 bridgehead atoms. The molecule has 4 atom stereocenters. The van der Waals surface area contributed by atoms with Gasteiger partial charge in [0.05, 0.1) is 7.11 Å². The monoisotopic (exact) mass is 517 g/mol. The Bertz CT molecular complexity index is 1070. The van der Waals surface area contributed by atoms with Crippen LogP contribution in [0.3, 0.4) is 0 Å². The molecule has 0 aliphatic heterocycles. The van der Waals surface area contributed by atoms with Gasteiger partial charge in [0.25, 0.3) is 0 Å². The molecule has 1 unspecified atom stereocenters. The molecule has 0 radical (unpaired) electrons. The molecule has 0 saturated carbocycles. The van der Waals surface area contributed by atoms with Crippen molar-refractivity contribution >= 4 is 33.5 Å². The Kier molecular flexibility index (Phi) is 6.61. The van der Waals surface area contributed by atoms with Gasteiger partial charge in [-0.15, -0.1) is 11.8 Å². The van der Waals surface area contributed by atoms with Gasteiger partial charge in [0.2, 0.25) is 0 Å². The summed E-state index contributed by atoms with van der Waals surface area (Å²) in [7, 11) is 3.41. The molecule has 0 fully saturated rings. The molecule has 170 valence electrons. The summed E-state index contributed by atoms with van der Waals surface area (Å²) in [5.41, 5.74) is 1.05. The van der Waals surface area contributed by atoms with E-state index in [9.17, 15) is 15.0 Å². The number of ketones is 1. The largest absolute Gasteiger partial charge is 0.504 e. The van der Waals surface area contributed by atoms with Gasteiger partial charge in [0.1, 0.15) is 0 Å². The Morgan fingerprint density at radius 3 is 2.69 bits per heavy atom. The number of aromatic hydroxyl groups is 2. The number of carbonyl (C=O) groups excluding carboxylic acids is 1. The number of allylic oxidation sites excluding steroid dienone is 2. The summed E-state index contributed by atoms with van der Waals surface area (Å²) < 4.78 is 6.45. The molecule has 32 heavy (non-hydrogen) atoms. The summed E-state index contributed by atoms with van der Waals surface area (Å²) in [5, 5.41) is 24.8. The fraction of sp³-hybridized carbons (Fsp3) is 0.400. The third-order valence-electron chi connectivity index (χ3n) is 6.89. The van der Waals surface area contributed by atoms with Crippen LogP contribution in [0.1, 0.15) is 36.1 Å². The number of nitrogens with one attached hydrogen (secondary N) is 1. The number of phenols is 2. The minimum absolute atomic E-state index is 0.0190. The predicted molar refractivity (Wildman–Crippen MR) is 130 cm³/mol. The highest BCUT2D eigenvalue weighted by Crippen LogP contribution is 2.62. The topological polar surface area (TPSA) is 78.8 Å². The molecule has 0 amide bonds. The number of Topliss-reactive ketones (excluding diaryl/α,β-unsaturated/α-hetero) is 1. The smallest absolute Gasteiger partial charge is 0.197 e. The number of ether oxygens (including phenoxy) is 1. The highest BCUT2D eigenvalue weighted by atomic mass is 79.9. The van der Waals surface area contributed by atoms with Crippen LogP contribution in [0.5, 0.6) is 11.5 Å². The SMILES string of the molecule is CNCC[C@@]12CC(=O)C(OC)=CC1[C@@H](C)[C@H](Sc1ccccc1Br)c1ccc(O)c(O)c12. The number of methoxy groups -OCH3 is 1. The van der Waals surface area contributed by atoms with Crippen LogP contribution in [0, 0.1) is 11.8 Å². The Morgan fingerprint density at radius 2 is 2.00 bits per heavy atom. The lowest BCUT2D eigenvalue weighted by atomic mass is 9.54. The standard InChI is InChI=1S/C25H28BrNO4S/c1-14-16-12-20(31-3)19(29)13-25(16,10-11-27-2)22-15(8-9-18(28)23(22)30)24(14)32-21-7-5-4-6-17(21)26/h4-9,12,14,16,24,27-28,30H,10-11,13H2,1-3H3/t14-,16?,24+,25-/m1/s1. The van der Waals surface area contributed by atoms with Crippen molar-refractivity contribution in [2.45, 2.75) is 35.3 Å². The van der Waals surface area contributed by atoms with Gasteiger partial charge in [-0.2, -0.15) is 0 Å². The van der Waals surface area contributed by atoms with Crippen LogP contribution < -0.4 is 5.32 Å². The molecule has 2 aromatic rings. The molecule has 2 aliphatic carbocycles. The maximum atomic E-state index is 13.0. The molecule has 0 saturated heterocycles. The second-order valence-electron chi connectivity index (χ2n) is 8.60. The Hall–Kier alpha value is -1.96. The summed E-state index contributed by atoms with van der Waals surface area (Å²) in [6.07, 6.45) is 2.85. The molecule has 7 heteroatoms. The summed E-state index contributed by atoms with van der Waals surface area (Å²) in [6.45, 7) is 2.89. The number of carbonyl (C=O) groups is 1. The van der Waals surface area contributed by atoms with Gasteiger partial charge in [-0.25, -0.2) is 0 Å². The van der Waals surface area contributed by atoms with Crippen molar-refractivity contribution < 1.29 is 19.7 Å². The van der Waals surface area contributed by atoms with Crippen molar-refractivity contribution in [2.24, 2.45) is 11.8 Å². The van der Waals surface area contributed by atoms with E-state index in [0.29, 0.717) is 24.3 Å². The fourth-order valence-corrected chi connectivity index (χ4v) is 7.29. The van der Waals surface area contributed by atoms with Crippen molar-refractivity contribution in [3.05, 3.63) is 63.8 Å². The molecular weight excluding hydrogens is 490 g/mol. The van der Waals surface area contributed by atoms with Crippen LogP contribution in [-0.2, 0) is 14.9 Å². The van der Waals surface area contributed by atoms with Crippen LogP contribution in [0.4, 0.5) is 0 Å². The number of rotatable bonds is 6. The number of benzene rings is 2. The summed E-state index contributed by atoms with van der Waals surface area (Å²) >= 11 is 5.39. The molecule has 3 N–H and O–H groups in total. The second-order valence-corrected chi connectivity index (χ2v) is 10.6. The van der Waals surface area contributed by atoms with Gasteiger partial charge in [-0.1, -0.05) is 25.1 Å². The molecular formula is C25H28BrNO4S. The predicted octanol–water partition coefficient (Wildman–Crippen LogP) is 5.31. The molecule has 2 aromatic carbocycles. The maximum Gasteiger partial charge on any atom is 0.197 e. The number of hydrogen-bond acceptors (Lipinski definition) is 6. The first kappa shape index (κ1) is 23.2. The van der Waals surface area contributed by atoms with Crippen LogP contribution in [-0.4, -0.2) is 36.7 Å². The van der Waals surface area contributed by atoms with E-state index in [2.05, 4.69) is 34.2 Å². The molecule has 0 heterocycles. The van der Waals surface area contributed by atoms with E-state index in [1.807, 2.05) is 37.4 Å². The zero-order valence-electron chi connectivity index (χ0n) is 18.4. The Balaban J connectivity index is 1.95. The second kappa shape index (κ2) is 9.12. The third-order valence-corrected chi connectivity index (χ3v) is 9.39. The van der Waals surface area contributed by atoms with Gasteiger partial charge in [-0.3, -0.25) is 4.79 Å². The highest BCUT2D eigenvalue weighted by Gasteiger charge is 2.55. The van der Waals surface area contributed by atoms with Crippen LogP contribution in [0.2, 0.25) is 0 Å². The van der Waals surface area contributed by atoms with E-state index in [0.717, 1.165) is 14.9 Å². The number of thioether (sulfide) groups is 1. The first-order valence-electron chi connectivity index (χ1n) is 10.7. The van der Waals surface area contributed by atoms with Crippen molar-refractivity contribution in [1.29, 1.82) is 0 Å². The van der Waals surface area contributed by atoms with E-state index in [-0.39, 0.29) is 40.8 Å². The van der Waals surface area contributed by atoms with Gasteiger partial charge in [0.15, 0.2) is 23.0 Å². The average molecular weight is 518 g/mol. The number of fused-ring (bicyclic) bond motifs is 3. The minimum atomic E-state index is -0.620. The quantitative estimate of drug-likeness (QED) is 0.450. The summed E-state index contributed by atoms with van der Waals surface area (Å²) in [6, 6.07) is 11.6. The van der Waals surface area contributed by atoms with E-state index in [1.54, 1.807) is 17.8 Å². The molecule has 0 spiro atoms. The maximum absolute atomic E-state index is 13.0. The van der Waals surface area contributed by atoms with Crippen LogP contribution in [0.15, 0.2) is 57.6 Å². The minimum Gasteiger partial charge on any atom is -0.504 e. The highest BCUT2D eigenvalue weighted by molar-refractivity contribution is 9.10. The van der Waals surface area contributed by atoms with Gasteiger partial charge < -0.3 is 20.3 Å². The summed E-state index contributed by atoms with van der Waals surface area (Å²) in [4.78, 5) is 14.1. The fourth-order valence-electron chi connectivity index (χ4n) is 5.40. The van der Waals surface area contributed by atoms with Crippen molar-refractivity contribution in [3.8, 4) is 11.5 Å². The first-order chi connectivity index (χ1) is 15.3. The van der Waals surface area contributed by atoms with E-state index in [4.69, 9.17) is 4.74 Å². The van der Waals surface area contributed by atoms with Crippen molar-refractivity contribution in [1.82, 2.24) is 5.32 Å². The lowest BCUT2D eigenvalue weighted by molar-refractivity contribution is -0.121. The van der Waals surface area contributed by atoms with Gasteiger partial charge >= 0.3 is 0 Å². The van der Waals surface area contributed by atoms with Crippen LogP contribution >= 0.6 is 27.7 Å². The third kappa shape index (κ3) is 3.74. The lowest BCUT2D eigenvalue weighted by Gasteiger charge is -2.52. The molecule has 4 rings (SSSR count). The molecule has 2 aliphatic rings. The van der Waals surface area contributed by atoms with Crippen molar-refractivity contribution in [3.63, 3.8) is 0 Å². The Labute approximate surface area is 201 Å². The molecule has 5 nitrogen and oxygen atoms in total. The number of halogens is 1. The van der Waals surface area contributed by atoms with Crippen molar-refractivity contribution in [2.75, 3.05) is 20.7 Å². The zero-order chi connectivity index (χ0) is 23.0. The van der Waals surface area contributed by atoms with E-state index < -0.39 is 5.41 Å². The number of phenolic OH excluding ortho intramolecular Hbond substituents is 2. The zero-order valence-corrected chi connectivity index (χ0v) is 20.8. The van der Waals surface area contributed by atoms with Gasteiger partial charge in [-0.05, 0) is 77.6 Å². The normalized spacial score (nSPS) is 26.8. The van der Waals surface area contributed by atoms with E-state index >= 15 is 0 Å². The van der Waals surface area contributed by atoms with Gasteiger partial charge in [0, 0.05) is 32.0 Å². The average Bonchev–Trinajstić information content (AvgIpc) is 2.78. The van der Waals surface area contributed by atoms with E-state index in [1.165, 1.54) is 7.11 Å². The van der Waals surface area contributed by atoms with Crippen LogP contribution in [0.25, 0.3) is 0 Å². The molecule has 0 aromatic heterocycles. The first-order valence-corrected chi connectivity index (χ1v) is 12.4. The lowest BCUT2D eigenvalue weighted by Crippen LogP contribution is -2.49. The Morgan fingerprint density at radius 1 is 1.25 bits per heavy atom. The summed E-state index contributed by atoms with van der Waals surface area (Å²) in [5.74, 6) is 0.157. The number of hydrogen-bond donors (Lipinski definition) is 3.